The third-order valence-corrected chi connectivity index (χ3v) is 3.31. The number of hydrogen-bond acceptors (Lipinski definition) is 2. The fourth-order valence-corrected chi connectivity index (χ4v) is 1.56. The molecule has 1 rings (SSSR count). The Morgan fingerprint density at radius 2 is 1.68 bits per heavy atom. The van der Waals surface area contributed by atoms with Gasteiger partial charge in [-0.05, 0) is 36.5 Å². The smallest absolute Gasteiger partial charge is 0.258 e. The lowest BCUT2D eigenvalue weighted by Crippen LogP contribution is -2.38. The predicted molar refractivity (Wildman–Crippen MR) is 78.5 cm³/mol. The minimum Gasteiger partial charge on any atom is -0.484 e. The van der Waals surface area contributed by atoms with Crippen LogP contribution in [0.4, 0.5) is 0 Å². The second-order valence-corrected chi connectivity index (χ2v) is 5.61. The van der Waals surface area contributed by atoms with Crippen LogP contribution in [0.25, 0.3) is 0 Å². The number of nitrogens with one attached hydrogen (secondary N) is 1. The molecule has 19 heavy (non-hydrogen) atoms. The number of amides is 1. The molecule has 1 amide bonds. The van der Waals surface area contributed by atoms with Crippen LogP contribution in [0.1, 0.15) is 46.1 Å². The summed E-state index contributed by atoms with van der Waals surface area (Å²) in [5, 5.41) is 2.92. The van der Waals surface area contributed by atoms with E-state index in [0.29, 0.717) is 11.8 Å². The Balaban J connectivity index is 2.42. The van der Waals surface area contributed by atoms with Gasteiger partial charge in [-0.1, -0.05) is 39.8 Å². The molecule has 0 radical (unpaired) electrons. The van der Waals surface area contributed by atoms with Crippen LogP contribution in [-0.4, -0.2) is 18.6 Å². The standard InChI is InChI=1S/C16H25NO2/c1-11(2)13(5)17-16(18)10-19-15-8-6-14(7-9-15)12(3)4/h6-9,11-13H,10H2,1-5H3,(H,17,18). The van der Waals surface area contributed by atoms with Gasteiger partial charge in [0.1, 0.15) is 5.75 Å². The van der Waals surface area contributed by atoms with E-state index in [0.717, 1.165) is 5.75 Å². The van der Waals surface area contributed by atoms with Gasteiger partial charge in [0, 0.05) is 6.04 Å². The lowest BCUT2D eigenvalue weighted by molar-refractivity contribution is -0.124. The number of hydrogen-bond donors (Lipinski definition) is 1. The van der Waals surface area contributed by atoms with Crippen LogP contribution >= 0.6 is 0 Å². The molecule has 0 aliphatic rings. The molecule has 3 nitrogen and oxygen atoms in total. The average Bonchev–Trinajstić information content (AvgIpc) is 2.36. The van der Waals surface area contributed by atoms with Crippen LogP contribution in [0.3, 0.4) is 0 Å². The maximum atomic E-state index is 11.7. The van der Waals surface area contributed by atoms with Crippen molar-refractivity contribution in [1.82, 2.24) is 5.32 Å². The number of carbonyl (C=O) groups excluding carboxylic acids is 1. The van der Waals surface area contributed by atoms with Crippen molar-refractivity contribution in [3.05, 3.63) is 29.8 Å². The van der Waals surface area contributed by atoms with Crippen molar-refractivity contribution in [3.8, 4) is 5.75 Å². The summed E-state index contributed by atoms with van der Waals surface area (Å²) in [6.45, 7) is 10.5. The fraction of sp³-hybridized carbons (Fsp3) is 0.562. The Morgan fingerprint density at radius 3 is 2.16 bits per heavy atom. The van der Waals surface area contributed by atoms with Gasteiger partial charge in [0.15, 0.2) is 6.61 Å². The SMILES string of the molecule is CC(C)c1ccc(OCC(=O)NC(C)C(C)C)cc1. The number of rotatable bonds is 6. The Morgan fingerprint density at radius 1 is 1.11 bits per heavy atom. The van der Waals surface area contributed by atoms with Crippen LogP contribution in [-0.2, 0) is 4.79 Å². The molecule has 106 valence electrons. The zero-order valence-electron chi connectivity index (χ0n) is 12.6. The normalized spacial score (nSPS) is 12.6. The van der Waals surface area contributed by atoms with Crippen LogP contribution in [0.15, 0.2) is 24.3 Å². The predicted octanol–water partition coefficient (Wildman–Crippen LogP) is 3.35. The second kappa shape index (κ2) is 7.17. The Hall–Kier alpha value is -1.51. The van der Waals surface area contributed by atoms with Gasteiger partial charge < -0.3 is 10.1 Å². The molecule has 0 bridgehead atoms. The van der Waals surface area contributed by atoms with Crippen molar-refractivity contribution in [1.29, 1.82) is 0 Å². The highest BCUT2D eigenvalue weighted by Crippen LogP contribution is 2.18. The summed E-state index contributed by atoms with van der Waals surface area (Å²) >= 11 is 0. The van der Waals surface area contributed by atoms with Gasteiger partial charge in [0.25, 0.3) is 5.91 Å². The zero-order chi connectivity index (χ0) is 14.4. The molecule has 0 aromatic heterocycles. The van der Waals surface area contributed by atoms with Crippen molar-refractivity contribution in [3.63, 3.8) is 0 Å². The van der Waals surface area contributed by atoms with Gasteiger partial charge in [-0.2, -0.15) is 0 Å². The monoisotopic (exact) mass is 263 g/mol. The van der Waals surface area contributed by atoms with Gasteiger partial charge in [0.2, 0.25) is 0 Å². The molecular formula is C16H25NO2. The van der Waals surface area contributed by atoms with E-state index in [2.05, 4.69) is 33.0 Å². The van der Waals surface area contributed by atoms with Crippen molar-refractivity contribution in [2.75, 3.05) is 6.61 Å². The molecule has 0 heterocycles. The molecule has 0 saturated carbocycles. The highest BCUT2D eigenvalue weighted by atomic mass is 16.5. The largest absolute Gasteiger partial charge is 0.484 e. The van der Waals surface area contributed by atoms with E-state index in [1.165, 1.54) is 5.56 Å². The first-order valence-corrected chi connectivity index (χ1v) is 6.92. The summed E-state index contributed by atoms with van der Waals surface area (Å²) in [7, 11) is 0. The first kappa shape index (κ1) is 15.5. The highest BCUT2D eigenvalue weighted by molar-refractivity contribution is 5.77. The van der Waals surface area contributed by atoms with Gasteiger partial charge in [-0.25, -0.2) is 0 Å². The summed E-state index contributed by atoms with van der Waals surface area (Å²) in [6.07, 6.45) is 0. The Labute approximate surface area is 116 Å². The van der Waals surface area contributed by atoms with E-state index in [-0.39, 0.29) is 18.6 Å². The van der Waals surface area contributed by atoms with Crippen molar-refractivity contribution < 1.29 is 9.53 Å². The van der Waals surface area contributed by atoms with Gasteiger partial charge in [-0.3, -0.25) is 4.79 Å². The molecule has 1 N–H and O–H groups in total. The fourth-order valence-electron chi connectivity index (χ4n) is 1.56. The van der Waals surface area contributed by atoms with Crippen LogP contribution < -0.4 is 10.1 Å². The molecule has 0 aliphatic heterocycles. The summed E-state index contributed by atoms with van der Waals surface area (Å²) in [4.78, 5) is 11.7. The first-order chi connectivity index (χ1) is 8.90. The molecule has 0 spiro atoms. The lowest BCUT2D eigenvalue weighted by atomic mass is 10.0. The highest BCUT2D eigenvalue weighted by Gasteiger charge is 2.11. The van der Waals surface area contributed by atoms with Gasteiger partial charge in [0.05, 0.1) is 0 Å². The summed E-state index contributed by atoms with van der Waals surface area (Å²) in [5.41, 5.74) is 1.27. The Kier molecular flexibility index (Phi) is 5.87. The summed E-state index contributed by atoms with van der Waals surface area (Å²) in [6, 6.07) is 8.06. The first-order valence-electron chi connectivity index (χ1n) is 6.92. The molecule has 1 aromatic rings. The molecule has 0 aliphatic carbocycles. The zero-order valence-corrected chi connectivity index (χ0v) is 12.6. The number of benzene rings is 1. The minimum atomic E-state index is -0.0749. The third-order valence-electron chi connectivity index (χ3n) is 3.31. The van der Waals surface area contributed by atoms with E-state index in [9.17, 15) is 4.79 Å². The molecule has 0 saturated heterocycles. The van der Waals surface area contributed by atoms with Crippen LogP contribution in [0, 0.1) is 5.92 Å². The second-order valence-electron chi connectivity index (χ2n) is 5.61. The van der Waals surface area contributed by atoms with Crippen molar-refractivity contribution >= 4 is 5.91 Å². The van der Waals surface area contributed by atoms with Crippen molar-refractivity contribution in [2.45, 2.75) is 46.6 Å². The van der Waals surface area contributed by atoms with Crippen LogP contribution in [0.2, 0.25) is 0 Å². The average molecular weight is 263 g/mol. The number of ether oxygens (including phenoxy) is 1. The van der Waals surface area contributed by atoms with E-state index < -0.39 is 0 Å². The quantitative estimate of drug-likeness (QED) is 0.854. The topological polar surface area (TPSA) is 38.3 Å². The van der Waals surface area contributed by atoms with E-state index in [1.807, 2.05) is 31.2 Å². The molecule has 3 heteroatoms. The molecule has 0 fully saturated rings. The third kappa shape index (κ3) is 5.33. The van der Waals surface area contributed by atoms with Crippen LogP contribution in [0.5, 0.6) is 5.75 Å². The molecule has 1 aromatic carbocycles. The van der Waals surface area contributed by atoms with Crippen molar-refractivity contribution in [2.24, 2.45) is 5.92 Å². The Bertz CT molecular complexity index is 396. The van der Waals surface area contributed by atoms with E-state index >= 15 is 0 Å². The lowest BCUT2D eigenvalue weighted by Gasteiger charge is -2.17. The maximum Gasteiger partial charge on any atom is 0.258 e. The van der Waals surface area contributed by atoms with E-state index in [1.54, 1.807) is 0 Å². The summed E-state index contributed by atoms with van der Waals surface area (Å²) < 4.78 is 5.47. The maximum absolute atomic E-state index is 11.7. The van der Waals surface area contributed by atoms with Gasteiger partial charge in [-0.15, -0.1) is 0 Å². The molecule has 1 atom stereocenters. The van der Waals surface area contributed by atoms with E-state index in [4.69, 9.17) is 4.74 Å². The summed E-state index contributed by atoms with van der Waals surface area (Å²) in [5.74, 6) is 1.59. The minimum absolute atomic E-state index is 0.0675. The van der Waals surface area contributed by atoms with Gasteiger partial charge >= 0.3 is 0 Å². The molecular weight excluding hydrogens is 238 g/mol. The molecule has 1 unspecified atom stereocenters. The number of carbonyl (C=O) groups is 1.